The van der Waals surface area contributed by atoms with Crippen LogP contribution >= 0.6 is 11.6 Å². The minimum absolute atomic E-state index is 0.199. The van der Waals surface area contributed by atoms with Crippen molar-refractivity contribution in [1.29, 1.82) is 0 Å². The third-order valence-corrected chi connectivity index (χ3v) is 7.15. The van der Waals surface area contributed by atoms with Gasteiger partial charge in [0.05, 0.1) is 16.5 Å². The zero-order valence-corrected chi connectivity index (χ0v) is 18.0. The minimum atomic E-state index is -3.50. The van der Waals surface area contributed by atoms with Gasteiger partial charge in [-0.3, -0.25) is 4.79 Å². The predicted molar refractivity (Wildman–Crippen MR) is 113 cm³/mol. The molecule has 2 aromatic carbocycles. The van der Waals surface area contributed by atoms with Crippen molar-refractivity contribution in [3.63, 3.8) is 0 Å². The van der Waals surface area contributed by atoms with Crippen LogP contribution in [0, 0.1) is 0 Å². The van der Waals surface area contributed by atoms with Crippen LogP contribution in [-0.4, -0.2) is 56.8 Å². The van der Waals surface area contributed by atoms with Crippen molar-refractivity contribution in [3.8, 4) is 5.75 Å². The van der Waals surface area contributed by atoms with Crippen LogP contribution in [0.5, 0.6) is 5.75 Å². The van der Waals surface area contributed by atoms with Gasteiger partial charge in [0, 0.05) is 25.7 Å². The number of amides is 1. The lowest BCUT2D eigenvalue weighted by atomic mass is 10.2. The highest BCUT2D eigenvalue weighted by atomic mass is 35.5. The zero-order chi connectivity index (χ0) is 20.9. The molecule has 156 valence electrons. The number of sulfonamides is 1. The molecule has 0 aromatic heterocycles. The number of halogens is 1. The Balaban J connectivity index is 1.58. The third-order valence-electron chi connectivity index (χ3n) is 4.92. The molecule has 0 aliphatic carbocycles. The SMILES string of the molecule is CN(CCOc1ccccc1Cl)C(=O)c1ccc(S(=O)(=O)N2CCCCC2)cc1. The second kappa shape index (κ2) is 9.61. The van der Waals surface area contributed by atoms with Crippen LogP contribution in [0.25, 0.3) is 0 Å². The first-order valence-electron chi connectivity index (χ1n) is 9.62. The molecule has 1 heterocycles. The van der Waals surface area contributed by atoms with Crippen LogP contribution < -0.4 is 4.74 Å². The number of piperidine rings is 1. The summed E-state index contributed by atoms with van der Waals surface area (Å²) in [5.74, 6) is 0.372. The van der Waals surface area contributed by atoms with E-state index in [1.165, 1.54) is 21.3 Å². The molecule has 0 atom stereocenters. The first kappa shape index (κ1) is 21.6. The van der Waals surface area contributed by atoms with E-state index in [1.54, 1.807) is 31.3 Å². The average Bonchev–Trinajstić information content (AvgIpc) is 2.75. The van der Waals surface area contributed by atoms with Crippen molar-refractivity contribution in [2.24, 2.45) is 0 Å². The first-order valence-corrected chi connectivity index (χ1v) is 11.4. The normalized spacial score (nSPS) is 15.1. The van der Waals surface area contributed by atoms with Crippen LogP contribution in [0.3, 0.4) is 0 Å². The smallest absolute Gasteiger partial charge is 0.253 e. The molecular weight excluding hydrogens is 412 g/mol. The first-order chi connectivity index (χ1) is 13.9. The summed E-state index contributed by atoms with van der Waals surface area (Å²) in [4.78, 5) is 14.4. The molecule has 29 heavy (non-hydrogen) atoms. The molecule has 2 aromatic rings. The van der Waals surface area contributed by atoms with Crippen LogP contribution in [0.15, 0.2) is 53.4 Å². The van der Waals surface area contributed by atoms with E-state index in [0.29, 0.717) is 42.6 Å². The lowest BCUT2D eigenvalue weighted by Gasteiger charge is -2.26. The quantitative estimate of drug-likeness (QED) is 0.664. The monoisotopic (exact) mass is 436 g/mol. The molecule has 1 saturated heterocycles. The van der Waals surface area contributed by atoms with Gasteiger partial charge < -0.3 is 9.64 Å². The van der Waals surface area contributed by atoms with Crippen molar-refractivity contribution in [3.05, 3.63) is 59.1 Å². The van der Waals surface area contributed by atoms with Gasteiger partial charge in [-0.05, 0) is 49.2 Å². The molecule has 0 N–H and O–H groups in total. The average molecular weight is 437 g/mol. The van der Waals surface area contributed by atoms with Gasteiger partial charge in [-0.25, -0.2) is 8.42 Å². The molecule has 0 bridgehead atoms. The maximum absolute atomic E-state index is 12.7. The Morgan fingerprint density at radius 1 is 1.07 bits per heavy atom. The van der Waals surface area contributed by atoms with Gasteiger partial charge in [0.25, 0.3) is 5.91 Å². The van der Waals surface area contributed by atoms with Gasteiger partial charge in [-0.1, -0.05) is 30.2 Å². The summed E-state index contributed by atoms with van der Waals surface area (Å²) in [6.45, 7) is 1.78. The van der Waals surface area contributed by atoms with Crippen molar-refractivity contribution >= 4 is 27.5 Å². The van der Waals surface area contributed by atoms with Crippen LogP contribution in [0.2, 0.25) is 5.02 Å². The Labute approximate surface area is 177 Å². The molecule has 1 aliphatic rings. The molecule has 8 heteroatoms. The molecule has 0 spiro atoms. The van der Waals surface area contributed by atoms with Crippen LogP contribution in [0.4, 0.5) is 0 Å². The van der Waals surface area contributed by atoms with E-state index in [1.807, 2.05) is 12.1 Å². The molecule has 1 amide bonds. The Hall–Kier alpha value is -2.09. The number of hydrogen-bond donors (Lipinski definition) is 0. The third kappa shape index (κ3) is 5.29. The number of carbonyl (C=O) groups excluding carboxylic acids is 1. The molecule has 0 unspecified atom stereocenters. The summed E-state index contributed by atoms with van der Waals surface area (Å²) in [5.41, 5.74) is 0.433. The number of para-hydroxylation sites is 1. The van der Waals surface area contributed by atoms with Crippen molar-refractivity contribution in [2.45, 2.75) is 24.2 Å². The highest BCUT2D eigenvalue weighted by Crippen LogP contribution is 2.23. The number of hydrogen-bond acceptors (Lipinski definition) is 4. The fraction of sp³-hybridized carbons (Fsp3) is 0.381. The summed E-state index contributed by atoms with van der Waals surface area (Å²) in [6.07, 6.45) is 2.83. The molecule has 1 aliphatic heterocycles. The molecular formula is C21H25ClN2O4S. The summed E-state index contributed by atoms with van der Waals surface area (Å²) < 4.78 is 32.6. The predicted octanol–water partition coefficient (Wildman–Crippen LogP) is 3.67. The summed E-state index contributed by atoms with van der Waals surface area (Å²) in [5, 5.41) is 0.520. The number of likely N-dealkylation sites (N-methyl/N-ethyl adjacent to an activating group) is 1. The fourth-order valence-electron chi connectivity index (χ4n) is 3.20. The maximum atomic E-state index is 12.7. The standard InChI is InChI=1S/C21H25ClN2O4S/c1-23(15-16-28-20-8-4-3-7-19(20)22)21(25)17-9-11-18(12-10-17)29(26,27)24-13-5-2-6-14-24/h3-4,7-12H,2,5-6,13-16H2,1H3. The van der Waals surface area contributed by atoms with Crippen molar-refractivity contribution < 1.29 is 17.9 Å². The van der Waals surface area contributed by atoms with E-state index in [0.717, 1.165) is 19.3 Å². The molecule has 0 radical (unpaired) electrons. The van der Waals surface area contributed by atoms with E-state index in [4.69, 9.17) is 16.3 Å². The Kier molecular flexibility index (Phi) is 7.16. The van der Waals surface area contributed by atoms with Gasteiger partial charge in [0.2, 0.25) is 10.0 Å². The lowest BCUT2D eigenvalue weighted by molar-refractivity contribution is 0.0773. The number of carbonyl (C=O) groups is 1. The van der Waals surface area contributed by atoms with Crippen molar-refractivity contribution in [1.82, 2.24) is 9.21 Å². The summed E-state index contributed by atoms with van der Waals surface area (Å²) in [6, 6.07) is 13.3. The minimum Gasteiger partial charge on any atom is -0.490 e. The molecule has 3 rings (SSSR count). The molecule has 1 fully saturated rings. The molecule has 6 nitrogen and oxygen atoms in total. The highest BCUT2D eigenvalue weighted by molar-refractivity contribution is 7.89. The Morgan fingerprint density at radius 2 is 1.72 bits per heavy atom. The topological polar surface area (TPSA) is 66.9 Å². The van der Waals surface area contributed by atoms with Crippen LogP contribution in [-0.2, 0) is 10.0 Å². The summed E-state index contributed by atoms with van der Waals surface area (Å²) in [7, 11) is -1.82. The van der Waals surface area contributed by atoms with Gasteiger partial charge in [-0.2, -0.15) is 4.31 Å². The van der Waals surface area contributed by atoms with Gasteiger partial charge in [0.1, 0.15) is 12.4 Å². The van der Waals surface area contributed by atoms with E-state index < -0.39 is 10.0 Å². The lowest BCUT2D eigenvalue weighted by Crippen LogP contribution is -2.35. The molecule has 0 saturated carbocycles. The maximum Gasteiger partial charge on any atom is 0.253 e. The van der Waals surface area contributed by atoms with Gasteiger partial charge in [0.15, 0.2) is 0 Å². The van der Waals surface area contributed by atoms with Crippen LogP contribution in [0.1, 0.15) is 29.6 Å². The number of ether oxygens (including phenoxy) is 1. The van der Waals surface area contributed by atoms with E-state index in [9.17, 15) is 13.2 Å². The Bertz CT molecular complexity index is 941. The second-order valence-corrected chi connectivity index (χ2v) is 9.34. The zero-order valence-electron chi connectivity index (χ0n) is 16.4. The van der Waals surface area contributed by atoms with E-state index >= 15 is 0 Å². The second-order valence-electron chi connectivity index (χ2n) is 6.99. The number of rotatable bonds is 7. The van der Waals surface area contributed by atoms with E-state index in [-0.39, 0.29) is 10.8 Å². The number of benzene rings is 2. The van der Waals surface area contributed by atoms with Crippen molar-refractivity contribution in [2.75, 3.05) is 33.3 Å². The Morgan fingerprint density at radius 3 is 2.38 bits per heavy atom. The van der Waals surface area contributed by atoms with E-state index in [2.05, 4.69) is 0 Å². The largest absolute Gasteiger partial charge is 0.490 e. The van der Waals surface area contributed by atoms with Gasteiger partial charge >= 0.3 is 0 Å². The summed E-state index contributed by atoms with van der Waals surface area (Å²) >= 11 is 6.05. The van der Waals surface area contributed by atoms with Gasteiger partial charge in [-0.15, -0.1) is 0 Å². The highest BCUT2D eigenvalue weighted by Gasteiger charge is 2.26. The number of nitrogens with zero attached hydrogens (tertiary/aromatic N) is 2. The fourth-order valence-corrected chi connectivity index (χ4v) is 4.91.